The molecule has 9 heteroatoms. The van der Waals surface area contributed by atoms with Gasteiger partial charge in [-0.05, 0) is 6.92 Å². The van der Waals surface area contributed by atoms with Crippen molar-refractivity contribution in [1.82, 2.24) is 5.32 Å². The van der Waals surface area contributed by atoms with Crippen LogP contribution in [0.3, 0.4) is 0 Å². The van der Waals surface area contributed by atoms with Gasteiger partial charge in [-0.25, -0.2) is 13.6 Å². The third kappa shape index (κ3) is 3.33. The van der Waals surface area contributed by atoms with Crippen LogP contribution in [0.15, 0.2) is 6.07 Å². The van der Waals surface area contributed by atoms with Gasteiger partial charge in [-0.3, -0.25) is 10.1 Å². The van der Waals surface area contributed by atoms with Gasteiger partial charge >= 0.3 is 6.03 Å². The number of hydrogen-bond donors (Lipinski definition) is 2. The van der Waals surface area contributed by atoms with E-state index in [1.165, 1.54) is 0 Å². The molecule has 0 unspecified atom stereocenters. The molecule has 0 heterocycles. The van der Waals surface area contributed by atoms with Gasteiger partial charge in [-0.1, -0.05) is 0 Å². The van der Waals surface area contributed by atoms with Crippen LogP contribution in [0.2, 0.25) is 0 Å². The molecule has 1 rings (SSSR count). The number of nitrogens with one attached hydrogen (secondary N) is 1. The number of carbonyl (C=O) groups is 2. The van der Waals surface area contributed by atoms with E-state index in [1.807, 2.05) is 0 Å². The van der Waals surface area contributed by atoms with Crippen molar-refractivity contribution >= 4 is 11.9 Å². The van der Waals surface area contributed by atoms with Gasteiger partial charge in [0.1, 0.15) is 0 Å². The summed E-state index contributed by atoms with van der Waals surface area (Å²) in [6.45, 7) is 1.000. The van der Waals surface area contributed by atoms with Gasteiger partial charge in [0, 0.05) is 6.07 Å². The topological polar surface area (TPSA) is 81.4 Å². The molecular formula is C10H8F4N2O3. The van der Waals surface area contributed by atoms with Crippen LogP contribution in [0, 0.1) is 23.3 Å². The lowest BCUT2D eigenvalue weighted by molar-refractivity contribution is -0.126. The molecular weight excluding hydrogens is 272 g/mol. The summed E-state index contributed by atoms with van der Waals surface area (Å²) in [5.74, 6) is -9.48. The monoisotopic (exact) mass is 280 g/mol. The molecule has 1 atom stereocenters. The third-order valence-electron chi connectivity index (χ3n) is 1.98. The van der Waals surface area contributed by atoms with Crippen molar-refractivity contribution in [3.63, 3.8) is 0 Å². The number of imide groups is 1. The first-order valence-electron chi connectivity index (χ1n) is 4.84. The van der Waals surface area contributed by atoms with Gasteiger partial charge in [0.25, 0.3) is 5.91 Å². The maximum Gasteiger partial charge on any atom is 0.318 e. The van der Waals surface area contributed by atoms with Crippen molar-refractivity contribution < 1.29 is 31.9 Å². The Morgan fingerprint density at radius 2 is 1.68 bits per heavy atom. The van der Waals surface area contributed by atoms with Gasteiger partial charge in [0.15, 0.2) is 23.5 Å². The molecule has 19 heavy (non-hydrogen) atoms. The molecule has 0 radical (unpaired) electrons. The Bertz CT molecular complexity index is 510. The van der Waals surface area contributed by atoms with Gasteiger partial charge in [0.05, 0.1) is 0 Å². The molecule has 0 aliphatic heterocycles. The zero-order valence-electron chi connectivity index (χ0n) is 9.47. The molecule has 1 aromatic carbocycles. The van der Waals surface area contributed by atoms with Crippen LogP contribution in [0.5, 0.6) is 5.75 Å². The number of halogens is 4. The van der Waals surface area contributed by atoms with E-state index < -0.39 is 47.1 Å². The van der Waals surface area contributed by atoms with Gasteiger partial charge in [0.2, 0.25) is 11.6 Å². The van der Waals surface area contributed by atoms with Gasteiger partial charge in [-0.15, -0.1) is 0 Å². The summed E-state index contributed by atoms with van der Waals surface area (Å²) in [4.78, 5) is 21.6. The van der Waals surface area contributed by atoms with Crippen LogP contribution in [0.4, 0.5) is 22.4 Å². The van der Waals surface area contributed by atoms with Crippen molar-refractivity contribution in [2.24, 2.45) is 5.73 Å². The Morgan fingerprint density at radius 1 is 1.21 bits per heavy atom. The zero-order valence-corrected chi connectivity index (χ0v) is 9.47. The Kier molecular flexibility index (Phi) is 4.30. The molecule has 0 aliphatic carbocycles. The lowest BCUT2D eigenvalue weighted by Crippen LogP contribution is -2.42. The van der Waals surface area contributed by atoms with Crippen molar-refractivity contribution in [1.29, 1.82) is 0 Å². The van der Waals surface area contributed by atoms with Crippen molar-refractivity contribution in [2.45, 2.75) is 13.0 Å². The minimum atomic E-state index is -1.79. The molecule has 5 nitrogen and oxygen atoms in total. The third-order valence-corrected chi connectivity index (χ3v) is 1.98. The second-order valence-electron chi connectivity index (χ2n) is 3.41. The summed E-state index contributed by atoms with van der Waals surface area (Å²) in [5, 5.41) is 1.57. The second kappa shape index (κ2) is 5.55. The Morgan fingerprint density at radius 3 is 2.11 bits per heavy atom. The smallest absolute Gasteiger partial charge is 0.318 e. The fraction of sp³-hybridized carbons (Fsp3) is 0.200. The Balaban J connectivity index is 3.00. The highest BCUT2D eigenvalue weighted by Gasteiger charge is 2.25. The number of ether oxygens (including phenoxy) is 1. The number of benzene rings is 1. The highest BCUT2D eigenvalue weighted by Crippen LogP contribution is 2.27. The van der Waals surface area contributed by atoms with E-state index in [1.54, 1.807) is 5.32 Å². The summed E-state index contributed by atoms with van der Waals surface area (Å²) >= 11 is 0. The average Bonchev–Trinajstić information content (AvgIpc) is 2.31. The molecule has 104 valence electrons. The van der Waals surface area contributed by atoms with Crippen LogP contribution in [0.1, 0.15) is 6.92 Å². The minimum Gasteiger partial charge on any atom is -0.474 e. The van der Waals surface area contributed by atoms with Crippen LogP contribution in [0.25, 0.3) is 0 Å². The molecule has 3 N–H and O–H groups in total. The molecule has 0 fully saturated rings. The normalized spacial score (nSPS) is 11.8. The number of rotatable bonds is 3. The SMILES string of the molecule is C[C@@H](Oc1c(F)c(F)cc(F)c1F)C(=O)NC(N)=O. The maximum absolute atomic E-state index is 13.2. The first-order chi connectivity index (χ1) is 8.73. The van der Waals surface area contributed by atoms with Crippen molar-refractivity contribution in [3.05, 3.63) is 29.3 Å². The zero-order chi connectivity index (χ0) is 14.7. The highest BCUT2D eigenvalue weighted by molar-refractivity contribution is 5.95. The van der Waals surface area contributed by atoms with E-state index in [4.69, 9.17) is 0 Å². The number of amides is 3. The van der Waals surface area contributed by atoms with Crippen LogP contribution in [-0.4, -0.2) is 18.0 Å². The lowest BCUT2D eigenvalue weighted by Gasteiger charge is -2.14. The first kappa shape index (κ1) is 14.7. The summed E-state index contributed by atoms with van der Waals surface area (Å²) in [6.07, 6.45) is -1.60. The van der Waals surface area contributed by atoms with Gasteiger partial charge in [-0.2, -0.15) is 8.78 Å². The number of urea groups is 1. The van der Waals surface area contributed by atoms with Crippen LogP contribution in [-0.2, 0) is 4.79 Å². The molecule has 0 aromatic heterocycles. The summed E-state index contributed by atoms with van der Waals surface area (Å²) in [6, 6.07) is -1.22. The van der Waals surface area contributed by atoms with Crippen LogP contribution >= 0.6 is 0 Å². The van der Waals surface area contributed by atoms with E-state index in [2.05, 4.69) is 10.5 Å². The number of hydrogen-bond acceptors (Lipinski definition) is 3. The molecule has 0 spiro atoms. The van der Waals surface area contributed by atoms with Crippen molar-refractivity contribution in [3.8, 4) is 5.75 Å². The second-order valence-corrected chi connectivity index (χ2v) is 3.41. The van der Waals surface area contributed by atoms with E-state index in [9.17, 15) is 27.2 Å². The highest BCUT2D eigenvalue weighted by atomic mass is 19.2. The van der Waals surface area contributed by atoms with E-state index in [-0.39, 0.29) is 6.07 Å². The fourth-order valence-corrected chi connectivity index (χ4v) is 1.11. The standard InChI is InChI=1S/C10H8F4N2O3/c1-3(9(17)16-10(15)18)19-8-6(13)4(11)2-5(12)7(8)14/h2-3H,1H3,(H3,15,16,17,18)/t3-/m1/s1. The summed E-state index contributed by atoms with van der Waals surface area (Å²) in [7, 11) is 0. The average molecular weight is 280 g/mol. The maximum atomic E-state index is 13.2. The fourth-order valence-electron chi connectivity index (χ4n) is 1.11. The number of nitrogens with two attached hydrogens (primary N) is 1. The lowest BCUT2D eigenvalue weighted by atomic mass is 10.2. The predicted molar refractivity (Wildman–Crippen MR) is 54.1 cm³/mol. The Labute approximate surface area is 104 Å². The predicted octanol–water partition coefficient (Wildman–Crippen LogP) is 1.21. The summed E-state index contributed by atoms with van der Waals surface area (Å²) < 4.78 is 56.5. The molecule has 0 bridgehead atoms. The first-order valence-corrected chi connectivity index (χ1v) is 4.84. The molecule has 3 amide bonds. The number of carbonyl (C=O) groups excluding carboxylic acids is 2. The molecule has 0 saturated carbocycles. The molecule has 0 aliphatic rings. The Hall–Kier alpha value is -2.32. The number of primary amides is 1. The minimum absolute atomic E-state index is 0.00826. The quantitative estimate of drug-likeness (QED) is 0.645. The van der Waals surface area contributed by atoms with Gasteiger partial charge < -0.3 is 10.5 Å². The molecule has 1 aromatic rings. The van der Waals surface area contributed by atoms with E-state index in [0.29, 0.717) is 0 Å². The summed E-state index contributed by atoms with van der Waals surface area (Å²) in [5.41, 5.74) is 4.64. The van der Waals surface area contributed by atoms with Crippen LogP contribution < -0.4 is 15.8 Å². The largest absolute Gasteiger partial charge is 0.474 e. The van der Waals surface area contributed by atoms with E-state index >= 15 is 0 Å². The van der Waals surface area contributed by atoms with E-state index in [0.717, 1.165) is 6.92 Å². The van der Waals surface area contributed by atoms with Crippen molar-refractivity contribution in [2.75, 3.05) is 0 Å². The molecule has 0 saturated heterocycles.